The molecule has 4 nitrogen and oxygen atoms in total. The Labute approximate surface area is 311 Å². The molecule has 0 spiro atoms. The van der Waals surface area contributed by atoms with Crippen LogP contribution in [0.5, 0.6) is 0 Å². The van der Waals surface area contributed by atoms with Gasteiger partial charge in [0.05, 0.1) is 0 Å². The molecule has 0 fully saturated rings. The summed E-state index contributed by atoms with van der Waals surface area (Å²) in [5.74, 6) is 0. The van der Waals surface area contributed by atoms with Crippen molar-refractivity contribution in [2.24, 2.45) is 0 Å². The number of thiocarbonyl (C=S) groups is 4. The molecule has 234 valence electrons. The van der Waals surface area contributed by atoms with Crippen LogP contribution >= 0.6 is 48.9 Å². The van der Waals surface area contributed by atoms with E-state index in [1.54, 1.807) is 19.6 Å². The molecule has 0 heterocycles. The molecule has 0 amide bonds. The average molecular weight is 831 g/mol. The molecule has 0 aromatic heterocycles. The molecule has 13 heteroatoms. The minimum absolute atomic E-state index is 0.509. The fraction of sp³-hybridized carbons (Fsp3) is 0.267. The molecule has 0 radical (unpaired) electrons. The van der Waals surface area contributed by atoms with Gasteiger partial charge >= 0.3 is 121 Å². The summed E-state index contributed by atoms with van der Waals surface area (Å²) >= 11 is 34.5. The topological polar surface area (TPSA) is 13.0 Å². The van der Waals surface area contributed by atoms with Gasteiger partial charge in [-0.1, -0.05) is 17.3 Å². The van der Waals surface area contributed by atoms with Crippen molar-refractivity contribution in [2.45, 2.75) is 0 Å². The summed E-state index contributed by atoms with van der Waals surface area (Å²) in [5.41, 5.74) is 0. The van der Waals surface area contributed by atoms with Gasteiger partial charge in [-0.15, -0.1) is 0 Å². The molecule has 3 rings (SSSR count). The van der Waals surface area contributed by atoms with Crippen LogP contribution in [-0.4, -0.2) is 113 Å². The summed E-state index contributed by atoms with van der Waals surface area (Å²) in [6.45, 7) is 0. The molecular formula is C30H39N4S8Sn-3. The summed E-state index contributed by atoms with van der Waals surface area (Å²) in [5, 5.41) is 0. The van der Waals surface area contributed by atoms with Gasteiger partial charge in [0, 0.05) is 56.4 Å². The van der Waals surface area contributed by atoms with Crippen LogP contribution in [0.4, 0.5) is 0 Å². The number of nitrogens with zero attached hydrogens (tertiary/aromatic N) is 4. The first-order valence-electron chi connectivity index (χ1n) is 12.6. The number of rotatable bonds is 3. The molecule has 0 unspecified atom stereocenters. The van der Waals surface area contributed by atoms with Crippen LogP contribution in [0.3, 0.4) is 0 Å². The van der Waals surface area contributed by atoms with Crippen molar-refractivity contribution in [3.05, 3.63) is 91.0 Å². The van der Waals surface area contributed by atoms with Gasteiger partial charge in [-0.25, -0.2) is 0 Å². The Kier molecular flexibility index (Phi) is 26.8. The third kappa shape index (κ3) is 23.9. The van der Waals surface area contributed by atoms with E-state index in [0.29, 0.717) is 17.3 Å². The van der Waals surface area contributed by atoms with Crippen LogP contribution in [0.15, 0.2) is 91.0 Å². The Bertz CT molecular complexity index is 1030. The normalized spacial score (nSPS) is 8.74. The van der Waals surface area contributed by atoms with Gasteiger partial charge in [-0.3, -0.25) is 0 Å². The Hall–Kier alpha value is -1.10. The minimum atomic E-state index is -1.98. The van der Waals surface area contributed by atoms with Gasteiger partial charge in [0.15, 0.2) is 0 Å². The predicted molar refractivity (Wildman–Crippen MR) is 219 cm³/mol. The predicted octanol–water partition coefficient (Wildman–Crippen LogP) is 3.72. The van der Waals surface area contributed by atoms with Crippen molar-refractivity contribution >= 4 is 147 Å². The molecule has 0 atom stereocenters. The molecule has 0 aliphatic heterocycles. The van der Waals surface area contributed by atoms with Crippen LogP contribution in [-0.2, 0) is 50.5 Å². The quantitative estimate of drug-likeness (QED) is 0.217. The first-order valence-corrected chi connectivity index (χ1v) is 20.1. The zero-order valence-corrected chi connectivity index (χ0v) is 35.1. The van der Waals surface area contributed by atoms with E-state index in [9.17, 15) is 0 Å². The molecule has 0 bridgehead atoms. The third-order valence-electron chi connectivity index (χ3n) is 4.65. The van der Waals surface area contributed by atoms with Crippen LogP contribution in [0.2, 0.25) is 0 Å². The van der Waals surface area contributed by atoms with Crippen LogP contribution in [0.25, 0.3) is 0 Å². The van der Waals surface area contributed by atoms with E-state index in [1.807, 2.05) is 56.4 Å². The molecule has 3 aromatic rings. The van der Waals surface area contributed by atoms with Gasteiger partial charge in [-0.05, 0) is 0 Å². The van der Waals surface area contributed by atoms with Crippen molar-refractivity contribution in [3.63, 3.8) is 0 Å². The molecule has 0 saturated carbocycles. The van der Waals surface area contributed by atoms with Gasteiger partial charge in [0.1, 0.15) is 0 Å². The Morgan fingerprint density at radius 2 is 0.535 bits per heavy atom. The van der Waals surface area contributed by atoms with Crippen molar-refractivity contribution in [1.29, 1.82) is 0 Å². The fourth-order valence-corrected chi connectivity index (χ4v) is 9.67. The van der Waals surface area contributed by atoms with Crippen LogP contribution in [0.1, 0.15) is 0 Å². The van der Waals surface area contributed by atoms with Crippen molar-refractivity contribution in [1.82, 2.24) is 19.6 Å². The van der Waals surface area contributed by atoms with E-state index >= 15 is 0 Å². The average Bonchev–Trinajstić information content (AvgIpc) is 2.96. The molecule has 0 aliphatic rings. The van der Waals surface area contributed by atoms with E-state index in [1.165, 1.54) is 10.7 Å². The fourth-order valence-electron chi connectivity index (χ4n) is 2.31. The summed E-state index contributed by atoms with van der Waals surface area (Å²) in [7, 11) is 14.6. The maximum atomic E-state index is 4.56. The Balaban J connectivity index is 0. The first kappa shape index (κ1) is 44.0. The van der Waals surface area contributed by atoms with Crippen molar-refractivity contribution < 1.29 is 0 Å². The van der Waals surface area contributed by atoms with Gasteiger partial charge in [0.25, 0.3) is 0 Å². The van der Waals surface area contributed by atoms with Crippen molar-refractivity contribution in [3.8, 4) is 0 Å². The zero-order chi connectivity index (χ0) is 33.5. The Morgan fingerprint density at radius 3 is 0.651 bits per heavy atom. The van der Waals surface area contributed by atoms with E-state index in [0.717, 1.165) is 0 Å². The molecule has 3 aromatic carbocycles. The summed E-state index contributed by atoms with van der Waals surface area (Å²) in [6, 6.07) is 32.9. The van der Waals surface area contributed by atoms with E-state index in [-0.39, 0.29) is 0 Å². The van der Waals surface area contributed by atoms with Crippen LogP contribution < -0.4 is 10.7 Å². The van der Waals surface area contributed by atoms with E-state index < -0.39 is 19.8 Å². The Morgan fingerprint density at radius 1 is 0.395 bits per heavy atom. The zero-order valence-electron chi connectivity index (χ0n) is 25.7. The molecule has 0 saturated heterocycles. The van der Waals surface area contributed by atoms with Gasteiger partial charge in [-0.2, -0.15) is 0 Å². The number of hydrogen-bond acceptors (Lipinski definition) is 8. The van der Waals surface area contributed by atoms with Crippen molar-refractivity contribution in [2.75, 3.05) is 56.4 Å². The monoisotopic (exact) mass is 831 g/mol. The summed E-state index contributed by atoms with van der Waals surface area (Å²) in [4.78, 5) is 6.85. The standard InChI is InChI=1S/3C6H5.4C3H7NS2.Sn/c3*1-2-4-6-5-3-1;4*1-4(2)3(5)6;/h3*1-5H;4*1-2H3,(H,5,6);/q;;;;;;;+1/p-4. The SMILES string of the molecule is CN(C)C(=S)[S-].CN(C)C(=S)[S-].CN(C)C(=S)[S-].CN(C)C(=S)[S-].c1cc[c]([Sn+]([c]2ccccc2)[c]2ccccc2)cc1. The first-order chi connectivity index (χ1) is 20.0. The second kappa shape index (κ2) is 26.1. The summed E-state index contributed by atoms with van der Waals surface area (Å²) < 4.78 is 6.63. The molecule has 0 aliphatic carbocycles. The van der Waals surface area contributed by atoms with Crippen LogP contribution in [0, 0.1) is 0 Å². The van der Waals surface area contributed by atoms with E-state index in [4.69, 9.17) is 0 Å². The molecule has 0 N–H and O–H groups in total. The number of benzene rings is 3. The van der Waals surface area contributed by atoms with Gasteiger partial charge in [0.2, 0.25) is 0 Å². The van der Waals surface area contributed by atoms with Gasteiger partial charge < -0.3 is 119 Å². The number of hydrogen-bond donors (Lipinski definition) is 0. The molecular weight excluding hydrogens is 792 g/mol. The third-order valence-corrected chi connectivity index (χ3v) is 15.4. The van der Waals surface area contributed by atoms with E-state index in [2.05, 4.69) is 190 Å². The second-order valence-corrected chi connectivity index (χ2v) is 20.3. The summed E-state index contributed by atoms with van der Waals surface area (Å²) in [6.07, 6.45) is 0. The second-order valence-electron chi connectivity index (χ2n) is 9.11. The molecule has 43 heavy (non-hydrogen) atoms. The maximum absolute atomic E-state index is 4.56.